The summed E-state index contributed by atoms with van der Waals surface area (Å²) in [6, 6.07) is 13.6. The molecule has 3 rings (SSSR count). The molecular formula is C18H16ClN3O3. The van der Waals surface area contributed by atoms with Crippen LogP contribution in [0.25, 0.3) is 10.9 Å². The summed E-state index contributed by atoms with van der Waals surface area (Å²) in [6.45, 7) is 3.25. The number of halogens is 1. The quantitative estimate of drug-likeness (QED) is 0.779. The Bertz CT molecular complexity index is 983. The van der Waals surface area contributed by atoms with E-state index in [1.165, 1.54) is 0 Å². The molecule has 1 aromatic heterocycles. The average molecular weight is 358 g/mol. The second-order valence-electron chi connectivity index (χ2n) is 5.51. The summed E-state index contributed by atoms with van der Waals surface area (Å²) in [5.74, 6) is 0.431. The monoisotopic (exact) mass is 357 g/mol. The predicted molar refractivity (Wildman–Crippen MR) is 96.6 cm³/mol. The summed E-state index contributed by atoms with van der Waals surface area (Å²) in [6.07, 6.45) is -0.807. The minimum absolute atomic E-state index is 0.338. The number of para-hydroxylation sites is 1. The molecular weight excluding hydrogens is 342 g/mol. The van der Waals surface area contributed by atoms with Crippen LogP contribution in [-0.4, -0.2) is 21.7 Å². The van der Waals surface area contributed by atoms with E-state index in [2.05, 4.69) is 10.4 Å². The van der Waals surface area contributed by atoms with Gasteiger partial charge in [-0.15, -0.1) is 0 Å². The molecule has 7 heteroatoms. The Kier molecular flexibility index (Phi) is 4.72. The highest BCUT2D eigenvalue weighted by Gasteiger charge is 2.17. The molecule has 1 amide bonds. The van der Waals surface area contributed by atoms with Crippen molar-refractivity contribution in [3.63, 3.8) is 0 Å². The lowest BCUT2D eigenvalue weighted by Crippen LogP contribution is -2.41. The number of hydrogen-bond donors (Lipinski definition) is 1. The minimum atomic E-state index is -0.807. The number of hydrogen-bond acceptors (Lipinski definition) is 4. The number of amides is 1. The largest absolute Gasteiger partial charge is 0.481 e. The van der Waals surface area contributed by atoms with E-state index in [9.17, 15) is 9.59 Å². The van der Waals surface area contributed by atoms with E-state index < -0.39 is 12.0 Å². The maximum Gasteiger partial charge on any atom is 0.280 e. The van der Waals surface area contributed by atoms with Gasteiger partial charge in [0.15, 0.2) is 6.10 Å². The van der Waals surface area contributed by atoms with Crippen molar-refractivity contribution in [1.29, 1.82) is 0 Å². The maximum absolute atomic E-state index is 12.6. The van der Waals surface area contributed by atoms with Gasteiger partial charge in [0.25, 0.3) is 11.5 Å². The average Bonchev–Trinajstić information content (AvgIpc) is 2.60. The van der Waals surface area contributed by atoms with Crippen molar-refractivity contribution in [3.8, 4) is 5.75 Å². The van der Waals surface area contributed by atoms with E-state index in [4.69, 9.17) is 16.3 Å². The van der Waals surface area contributed by atoms with Gasteiger partial charge in [-0.2, -0.15) is 0 Å². The van der Waals surface area contributed by atoms with Crippen LogP contribution in [-0.2, 0) is 4.79 Å². The van der Waals surface area contributed by atoms with E-state index >= 15 is 0 Å². The van der Waals surface area contributed by atoms with Crippen molar-refractivity contribution in [2.24, 2.45) is 0 Å². The van der Waals surface area contributed by atoms with Crippen LogP contribution >= 0.6 is 11.6 Å². The fourth-order valence-electron chi connectivity index (χ4n) is 2.35. The van der Waals surface area contributed by atoms with Gasteiger partial charge in [0.05, 0.1) is 10.9 Å². The molecule has 0 bridgehead atoms. The molecule has 0 aliphatic heterocycles. The molecule has 0 saturated carbocycles. The van der Waals surface area contributed by atoms with Crippen molar-refractivity contribution >= 4 is 28.4 Å². The molecule has 1 unspecified atom stereocenters. The van der Waals surface area contributed by atoms with Gasteiger partial charge >= 0.3 is 0 Å². The number of benzene rings is 2. The van der Waals surface area contributed by atoms with Crippen molar-refractivity contribution in [2.45, 2.75) is 20.0 Å². The Hall–Kier alpha value is -2.86. The summed E-state index contributed by atoms with van der Waals surface area (Å²) < 4.78 is 6.70. The van der Waals surface area contributed by atoms with E-state index in [1.54, 1.807) is 62.4 Å². The number of rotatable bonds is 4. The highest BCUT2D eigenvalue weighted by atomic mass is 35.5. The zero-order valence-corrected chi connectivity index (χ0v) is 14.4. The molecule has 1 atom stereocenters. The fraction of sp³-hybridized carbons (Fsp3) is 0.167. The van der Waals surface area contributed by atoms with Crippen LogP contribution in [0.4, 0.5) is 0 Å². The van der Waals surface area contributed by atoms with Gasteiger partial charge in [0.2, 0.25) is 0 Å². The van der Waals surface area contributed by atoms with Gasteiger partial charge in [0, 0.05) is 5.02 Å². The number of nitrogens with zero attached hydrogens (tertiary/aromatic N) is 2. The lowest BCUT2D eigenvalue weighted by atomic mass is 10.2. The third-order valence-electron chi connectivity index (χ3n) is 3.66. The van der Waals surface area contributed by atoms with Crippen LogP contribution in [0.2, 0.25) is 5.02 Å². The van der Waals surface area contributed by atoms with E-state index in [0.717, 1.165) is 4.68 Å². The first-order valence-electron chi connectivity index (χ1n) is 7.67. The summed E-state index contributed by atoms with van der Waals surface area (Å²) >= 11 is 5.82. The number of ether oxygens (including phenoxy) is 1. The third-order valence-corrected chi connectivity index (χ3v) is 3.91. The first kappa shape index (κ1) is 17.0. The first-order chi connectivity index (χ1) is 12.0. The van der Waals surface area contributed by atoms with Gasteiger partial charge in [-0.3, -0.25) is 15.0 Å². The summed E-state index contributed by atoms with van der Waals surface area (Å²) in [7, 11) is 0. The van der Waals surface area contributed by atoms with E-state index in [0.29, 0.717) is 27.5 Å². The van der Waals surface area contributed by atoms with Crippen LogP contribution in [0, 0.1) is 6.92 Å². The minimum Gasteiger partial charge on any atom is -0.481 e. The zero-order valence-electron chi connectivity index (χ0n) is 13.7. The maximum atomic E-state index is 12.6. The van der Waals surface area contributed by atoms with Gasteiger partial charge in [-0.1, -0.05) is 23.7 Å². The molecule has 0 aliphatic rings. The van der Waals surface area contributed by atoms with Crippen molar-refractivity contribution in [1.82, 2.24) is 9.66 Å². The topological polar surface area (TPSA) is 73.2 Å². The SMILES string of the molecule is Cc1nc2ccccc2c(=O)n1NC(=O)C(C)Oc1ccc(Cl)cc1. The number of aryl methyl sites for hydroxylation is 1. The van der Waals surface area contributed by atoms with Crippen LogP contribution in [0.1, 0.15) is 12.7 Å². The fourth-order valence-corrected chi connectivity index (χ4v) is 2.47. The molecule has 0 saturated heterocycles. The Morgan fingerprint density at radius 3 is 2.60 bits per heavy atom. The first-order valence-corrected chi connectivity index (χ1v) is 8.05. The Morgan fingerprint density at radius 2 is 1.88 bits per heavy atom. The molecule has 0 aliphatic carbocycles. The number of carbonyl (C=O) groups is 1. The van der Waals surface area contributed by atoms with Crippen molar-refractivity contribution < 1.29 is 9.53 Å². The third kappa shape index (κ3) is 3.64. The molecule has 0 radical (unpaired) electrons. The van der Waals surface area contributed by atoms with Crippen LogP contribution < -0.4 is 15.7 Å². The molecule has 128 valence electrons. The number of aromatic nitrogens is 2. The van der Waals surface area contributed by atoms with Crippen molar-refractivity contribution in [2.75, 3.05) is 5.43 Å². The summed E-state index contributed by atoms with van der Waals surface area (Å²) in [5, 5.41) is 1.01. The van der Waals surface area contributed by atoms with E-state index in [-0.39, 0.29) is 5.56 Å². The lowest BCUT2D eigenvalue weighted by molar-refractivity contribution is -0.123. The standard InChI is InChI=1S/C18H16ClN3O3/c1-11(25-14-9-7-13(19)8-10-14)17(23)21-22-12(2)20-16-6-4-3-5-15(16)18(22)24/h3-11H,1-2H3,(H,21,23). The smallest absolute Gasteiger partial charge is 0.280 e. The van der Waals surface area contributed by atoms with Gasteiger partial charge in [-0.05, 0) is 50.2 Å². The van der Waals surface area contributed by atoms with E-state index in [1.807, 2.05) is 0 Å². The van der Waals surface area contributed by atoms with Crippen LogP contribution in [0.3, 0.4) is 0 Å². The summed E-state index contributed by atoms with van der Waals surface area (Å²) in [4.78, 5) is 29.3. The zero-order chi connectivity index (χ0) is 18.0. The highest BCUT2D eigenvalue weighted by Crippen LogP contribution is 2.17. The normalized spacial score (nSPS) is 12.0. The van der Waals surface area contributed by atoms with Gasteiger partial charge in [0.1, 0.15) is 11.6 Å². The number of fused-ring (bicyclic) bond motifs is 1. The molecule has 1 N–H and O–H groups in total. The second-order valence-corrected chi connectivity index (χ2v) is 5.94. The molecule has 25 heavy (non-hydrogen) atoms. The molecule has 6 nitrogen and oxygen atoms in total. The molecule has 2 aromatic carbocycles. The molecule has 0 fully saturated rings. The molecule has 3 aromatic rings. The predicted octanol–water partition coefficient (Wildman–Crippen LogP) is 2.90. The highest BCUT2D eigenvalue weighted by molar-refractivity contribution is 6.30. The second kappa shape index (κ2) is 6.94. The van der Waals surface area contributed by atoms with Crippen molar-refractivity contribution in [3.05, 3.63) is 69.7 Å². The van der Waals surface area contributed by atoms with Crippen LogP contribution in [0.15, 0.2) is 53.3 Å². The molecule has 0 spiro atoms. The Labute approximate surface area is 149 Å². The number of nitrogens with one attached hydrogen (secondary N) is 1. The molecule has 1 heterocycles. The van der Waals surface area contributed by atoms with Gasteiger partial charge in [-0.25, -0.2) is 9.66 Å². The van der Waals surface area contributed by atoms with Gasteiger partial charge < -0.3 is 4.74 Å². The lowest BCUT2D eigenvalue weighted by Gasteiger charge is -2.17. The number of carbonyl (C=O) groups excluding carboxylic acids is 1. The summed E-state index contributed by atoms with van der Waals surface area (Å²) in [5.41, 5.74) is 2.80. The van der Waals surface area contributed by atoms with Crippen LogP contribution in [0.5, 0.6) is 5.75 Å². The Balaban J connectivity index is 1.81. The Morgan fingerprint density at radius 1 is 1.20 bits per heavy atom.